The Bertz CT molecular complexity index is 1060. The van der Waals surface area contributed by atoms with Crippen LogP contribution in [-0.2, 0) is 12.5 Å². The van der Waals surface area contributed by atoms with E-state index in [0.29, 0.717) is 17.7 Å². The van der Waals surface area contributed by atoms with Crippen LogP contribution in [0, 0.1) is 23.3 Å². The highest BCUT2D eigenvalue weighted by Crippen LogP contribution is 2.37. The Morgan fingerprint density at radius 2 is 1.39 bits per heavy atom. The molecule has 3 aromatic carbocycles. The normalized spacial score (nSPS) is 11.5. The molecule has 0 heterocycles. The molecule has 0 aliphatic carbocycles. The first-order valence-corrected chi connectivity index (χ1v) is 9.43. The van der Waals surface area contributed by atoms with Crippen LogP contribution in [0.3, 0.4) is 0 Å². The van der Waals surface area contributed by atoms with Gasteiger partial charge >= 0.3 is 6.11 Å². The van der Waals surface area contributed by atoms with Gasteiger partial charge in [-0.05, 0) is 35.2 Å². The lowest BCUT2D eigenvalue weighted by molar-refractivity contribution is -0.189. The van der Waals surface area contributed by atoms with E-state index in [4.69, 9.17) is 0 Å². The van der Waals surface area contributed by atoms with Gasteiger partial charge in [0.2, 0.25) is 0 Å². The Labute approximate surface area is 175 Å². The molecule has 0 spiro atoms. The summed E-state index contributed by atoms with van der Waals surface area (Å²) >= 11 is 0. The lowest BCUT2D eigenvalue weighted by atomic mass is 10.00. The topological polar surface area (TPSA) is 9.23 Å². The zero-order valence-corrected chi connectivity index (χ0v) is 16.5. The maximum atomic E-state index is 14.5. The molecule has 0 aliphatic heterocycles. The van der Waals surface area contributed by atoms with Crippen molar-refractivity contribution < 1.29 is 31.1 Å². The number of ether oxygens (including phenoxy) is 1. The van der Waals surface area contributed by atoms with Crippen LogP contribution in [0.15, 0.2) is 55.1 Å². The van der Waals surface area contributed by atoms with Crippen molar-refractivity contribution in [3.05, 3.63) is 95.1 Å². The van der Waals surface area contributed by atoms with Crippen LogP contribution in [0.2, 0.25) is 0 Å². The van der Waals surface area contributed by atoms with E-state index in [-0.39, 0.29) is 5.56 Å². The number of benzene rings is 3. The predicted octanol–water partition coefficient (Wildman–Crippen LogP) is 7.63. The number of hydrogen-bond acceptors (Lipinski definition) is 1. The molecule has 0 fully saturated rings. The molecule has 1 nitrogen and oxygen atoms in total. The van der Waals surface area contributed by atoms with Crippen molar-refractivity contribution >= 4 is 6.08 Å². The SMILES string of the molecule is C=Cc1c(F)cc(OC(F)(F)c2c(F)cc(-c3ccc(CCC)cc3)cc2F)cc1F. The van der Waals surface area contributed by atoms with Gasteiger partial charge in [0, 0.05) is 17.7 Å². The Morgan fingerprint density at radius 1 is 0.839 bits per heavy atom. The molecule has 0 saturated heterocycles. The highest BCUT2D eigenvalue weighted by molar-refractivity contribution is 5.64. The van der Waals surface area contributed by atoms with Crippen LogP contribution in [0.1, 0.15) is 30.0 Å². The molecule has 0 bridgehead atoms. The standard InChI is InChI=1S/C24H18F6O/c1-3-5-14-6-8-15(9-7-14)16-10-21(27)23(22(28)11-16)24(29,30)31-17-12-19(25)18(4-2)20(26)13-17/h4,6-13H,2-3,5H2,1H3. The number of hydrogen-bond donors (Lipinski definition) is 0. The van der Waals surface area contributed by atoms with E-state index >= 15 is 0 Å². The maximum absolute atomic E-state index is 14.5. The summed E-state index contributed by atoms with van der Waals surface area (Å²) in [5, 5.41) is 0. The smallest absolute Gasteiger partial charge is 0.429 e. The Hall–Kier alpha value is -3.22. The molecule has 0 aliphatic rings. The van der Waals surface area contributed by atoms with Gasteiger partial charge in [0.05, 0.1) is 0 Å². The lowest BCUT2D eigenvalue weighted by Gasteiger charge is -2.20. The number of rotatable bonds is 7. The second kappa shape index (κ2) is 8.88. The van der Waals surface area contributed by atoms with Crippen molar-refractivity contribution in [1.82, 2.24) is 0 Å². The first-order valence-electron chi connectivity index (χ1n) is 9.43. The molecule has 162 valence electrons. The van der Waals surface area contributed by atoms with Crippen LogP contribution >= 0.6 is 0 Å². The zero-order valence-electron chi connectivity index (χ0n) is 16.5. The fourth-order valence-corrected chi connectivity index (χ4v) is 3.18. The van der Waals surface area contributed by atoms with E-state index in [1.807, 2.05) is 6.92 Å². The molecule has 0 amide bonds. The van der Waals surface area contributed by atoms with Gasteiger partial charge in [-0.3, -0.25) is 0 Å². The van der Waals surface area contributed by atoms with Crippen LogP contribution < -0.4 is 4.74 Å². The summed E-state index contributed by atoms with van der Waals surface area (Å²) in [6.45, 7) is 5.22. The van der Waals surface area contributed by atoms with Gasteiger partial charge in [0.1, 0.15) is 34.6 Å². The van der Waals surface area contributed by atoms with Gasteiger partial charge < -0.3 is 4.74 Å². The Balaban J connectivity index is 1.94. The Morgan fingerprint density at radius 3 is 1.87 bits per heavy atom. The van der Waals surface area contributed by atoms with Crippen molar-refractivity contribution in [2.24, 2.45) is 0 Å². The highest BCUT2D eigenvalue weighted by Gasteiger charge is 2.41. The minimum atomic E-state index is -4.52. The first-order chi connectivity index (χ1) is 14.7. The van der Waals surface area contributed by atoms with Gasteiger partial charge in [-0.15, -0.1) is 0 Å². The molecule has 0 N–H and O–H groups in total. The van der Waals surface area contributed by atoms with Gasteiger partial charge in [-0.1, -0.05) is 50.3 Å². The van der Waals surface area contributed by atoms with E-state index in [0.717, 1.165) is 36.6 Å². The summed E-state index contributed by atoms with van der Waals surface area (Å²) in [5.41, 5.74) is -0.664. The molecule has 0 unspecified atom stereocenters. The molecule has 3 rings (SSSR count). The summed E-state index contributed by atoms with van der Waals surface area (Å²) in [4.78, 5) is 0. The van der Waals surface area contributed by atoms with Crippen molar-refractivity contribution in [1.29, 1.82) is 0 Å². The summed E-state index contributed by atoms with van der Waals surface area (Å²) in [6.07, 6.45) is -1.90. The van der Waals surface area contributed by atoms with Crippen LogP contribution in [0.5, 0.6) is 5.75 Å². The van der Waals surface area contributed by atoms with E-state index in [1.54, 1.807) is 24.3 Å². The van der Waals surface area contributed by atoms with Crippen molar-refractivity contribution in [2.45, 2.75) is 25.9 Å². The molecule has 0 radical (unpaired) electrons. The van der Waals surface area contributed by atoms with Gasteiger partial charge in [-0.2, -0.15) is 8.78 Å². The monoisotopic (exact) mass is 436 g/mol. The number of halogens is 6. The van der Waals surface area contributed by atoms with Crippen molar-refractivity contribution in [2.75, 3.05) is 0 Å². The molecule has 7 heteroatoms. The third kappa shape index (κ3) is 4.76. The predicted molar refractivity (Wildman–Crippen MR) is 107 cm³/mol. The van der Waals surface area contributed by atoms with E-state index < -0.39 is 46.3 Å². The molecule has 0 atom stereocenters. The zero-order chi connectivity index (χ0) is 22.8. The molecule has 0 saturated carbocycles. The number of aryl methyl sites for hydroxylation is 1. The van der Waals surface area contributed by atoms with Crippen molar-refractivity contribution in [3.8, 4) is 16.9 Å². The average Bonchev–Trinajstić information content (AvgIpc) is 2.67. The van der Waals surface area contributed by atoms with E-state index in [2.05, 4.69) is 11.3 Å². The highest BCUT2D eigenvalue weighted by atomic mass is 19.3. The quantitative estimate of drug-likeness (QED) is 0.346. The second-order valence-corrected chi connectivity index (χ2v) is 6.89. The van der Waals surface area contributed by atoms with Crippen LogP contribution in [0.25, 0.3) is 17.2 Å². The minimum absolute atomic E-state index is 0.0602. The van der Waals surface area contributed by atoms with E-state index in [9.17, 15) is 26.3 Å². The van der Waals surface area contributed by atoms with Gasteiger partial charge in [0.25, 0.3) is 0 Å². The fraction of sp³-hybridized carbons (Fsp3) is 0.167. The summed E-state index contributed by atoms with van der Waals surface area (Å²) in [6, 6.07) is 9.33. The van der Waals surface area contributed by atoms with Gasteiger partial charge in [-0.25, -0.2) is 17.6 Å². The van der Waals surface area contributed by atoms with Gasteiger partial charge in [0.15, 0.2) is 0 Å². The average molecular weight is 436 g/mol. The maximum Gasteiger partial charge on any atom is 0.432 e. The third-order valence-electron chi connectivity index (χ3n) is 4.66. The minimum Gasteiger partial charge on any atom is -0.429 e. The van der Waals surface area contributed by atoms with Crippen LogP contribution in [-0.4, -0.2) is 0 Å². The molecule has 31 heavy (non-hydrogen) atoms. The third-order valence-corrected chi connectivity index (χ3v) is 4.66. The summed E-state index contributed by atoms with van der Waals surface area (Å²) < 4.78 is 89.9. The second-order valence-electron chi connectivity index (χ2n) is 6.89. The molecule has 3 aromatic rings. The fourth-order valence-electron chi connectivity index (χ4n) is 3.18. The van der Waals surface area contributed by atoms with Crippen LogP contribution in [0.4, 0.5) is 26.3 Å². The number of alkyl halides is 2. The Kier molecular flexibility index (Phi) is 6.43. The lowest BCUT2D eigenvalue weighted by Crippen LogP contribution is -2.25. The molecular weight excluding hydrogens is 418 g/mol. The largest absolute Gasteiger partial charge is 0.432 e. The summed E-state index contributed by atoms with van der Waals surface area (Å²) in [7, 11) is 0. The van der Waals surface area contributed by atoms with E-state index in [1.165, 1.54) is 0 Å². The first kappa shape index (κ1) is 22.5. The molecular formula is C24H18F6O. The van der Waals surface area contributed by atoms with Crippen molar-refractivity contribution in [3.63, 3.8) is 0 Å². The summed E-state index contributed by atoms with van der Waals surface area (Å²) in [5.74, 6) is -6.45. The molecule has 0 aromatic heterocycles.